The quantitative estimate of drug-likeness (QED) is 0.261. The lowest BCUT2D eigenvalue weighted by Gasteiger charge is -2.06. The Morgan fingerprint density at radius 2 is 2.00 bits per heavy atom. The molecule has 0 N–H and O–H groups in total. The molecule has 0 unspecified atom stereocenters. The van der Waals surface area contributed by atoms with Crippen LogP contribution in [-0.2, 0) is 4.79 Å². The third kappa shape index (κ3) is 3.84. The summed E-state index contributed by atoms with van der Waals surface area (Å²) in [5.41, 5.74) is 0.640. The molecule has 2 aromatic rings. The van der Waals surface area contributed by atoms with Crippen LogP contribution in [-0.4, -0.2) is 26.4 Å². The molecule has 6 nitrogen and oxygen atoms in total. The lowest BCUT2D eigenvalue weighted by atomic mass is 10.2. The third-order valence-electron chi connectivity index (χ3n) is 3.37. The molecule has 0 bridgehead atoms. The molecule has 1 saturated heterocycles. The fourth-order valence-electron chi connectivity index (χ4n) is 2.14. The number of nitro groups is 1. The molecule has 0 radical (unpaired) electrons. The maximum Gasteiger partial charge on any atom is 0.286 e. The normalized spacial score (nSPS) is 16.0. The topological polar surface area (TPSA) is 75.8 Å². The smallest absolute Gasteiger partial charge is 0.266 e. The predicted octanol–water partition coefficient (Wildman–Crippen LogP) is 3.97. The lowest BCUT2D eigenvalue weighted by Crippen LogP contribution is -2.22. The van der Waals surface area contributed by atoms with Crippen LogP contribution < -0.4 is 0 Å². The Bertz CT molecular complexity index is 975. The van der Waals surface area contributed by atoms with Gasteiger partial charge in [-0.05, 0) is 24.4 Å². The highest BCUT2D eigenvalue weighted by atomic mass is 32.2. The number of hydrogen-bond acceptors (Lipinski definition) is 6. The monoisotopic (exact) mass is 387 g/mol. The minimum atomic E-state index is -0.520. The number of hydrazone groups is 1. The Balaban J connectivity index is 1.83. The van der Waals surface area contributed by atoms with Gasteiger partial charge in [0.1, 0.15) is 5.82 Å². The van der Waals surface area contributed by atoms with Gasteiger partial charge in [-0.25, -0.2) is 4.39 Å². The first-order valence-corrected chi connectivity index (χ1v) is 8.49. The van der Waals surface area contributed by atoms with Crippen molar-refractivity contribution in [3.63, 3.8) is 0 Å². The molecule has 0 atom stereocenters. The van der Waals surface area contributed by atoms with E-state index in [1.807, 2.05) is 0 Å². The van der Waals surface area contributed by atoms with Crippen LogP contribution >= 0.6 is 24.0 Å². The van der Waals surface area contributed by atoms with E-state index in [1.54, 1.807) is 24.3 Å². The maximum atomic E-state index is 13.7. The first kappa shape index (κ1) is 17.9. The minimum Gasteiger partial charge on any atom is -0.266 e. The van der Waals surface area contributed by atoms with Gasteiger partial charge in [0.25, 0.3) is 11.6 Å². The van der Waals surface area contributed by atoms with Gasteiger partial charge in [-0.3, -0.25) is 14.9 Å². The van der Waals surface area contributed by atoms with Crippen LogP contribution in [0.4, 0.5) is 10.1 Å². The Kier molecular flexibility index (Phi) is 5.19. The van der Waals surface area contributed by atoms with Gasteiger partial charge in [0.15, 0.2) is 4.32 Å². The molecule has 1 aliphatic heterocycles. The minimum absolute atomic E-state index is 0.0845. The average molecular weight is 387 g/mol. The molecular weight excluding hydrogens is 377 g/mol. The van der Waals surface area contributed by atoms with E-state index in [1.165, 1.54) is 36.6 Å². The van der Waals surface area contributed by atoms with E-state index in [0.29, 0.717) is 5.56 Å². The van der Waals surface area contributed by atoms with Crippen molar-refractivity contribution >= 4 is 52.2 Å². The van der Waals surface area contributed by atoms with Crippen LogP contribution in [0.15, 0.2) is 58.5 Å². The molecule has 9 heteroatoms. The number of thioether (sulfide) groups is 1. The Morgan fingerprint density at radius 1 is 1.23 bits per heavy atom. The van der Waals surface area contributed by atoms with Gasteiger partial charge in [-0.15, -0.1) is 0 Å². The fourth-order valence-corrected chi connectivity index (χ4v) is 3.30. The number of hydrogen-bond donors (Lipinski definition) is 0. The average Bonchev–Trinajstić information content (AvgIpc) is 2.89. The number of benzene rings is 2. The van der Waals surface area contributed by atoms with Crippen molar-refractivity contribution in [2.45, 2.75) is 0 Å². The molecule has 26 heavy (non-hydrogen) atoms. The van der Waals surface area contributed by atoms with Gasteiger partial charge >= 0.3 is 0 Å². The van der Waals surface area contributed by atoms with E-state index >= 15 is 0 Å². The van der Waals surface area contributed by atoms with E-state index < -0.39 is 16.6 Å². The molecule has 1 aliphatic rings. The summed E-state index contributed by atoms with van der Waals surface area (Å²) in [4.78, 5) is 23.0. The summed E-state index contributed by atoms with van der Waals surface area (Å²) in [6, 6.07) is 11.9. The first-order chi connectivity index (χ1) is 12.5. The summed E-state index contributed by atoms with van der Waals surface area (Å²) in [5.74, 6) is -0.928. The van der Waals surface area contributed by atoms with Crippen LogP contribution in [0.3, 0.4) is 0 Å². The van der Waals surface area contributed by atoms with Crippen LogP contribution in [0.2, 0.25) is 0 Å². The van der Waals surface area contributed by atoms with Crippen molar-refractivity contribution in [3.8, 4) is 0 Å². The largest absolute Gasteiger partial charge is 0.286 e. The van der Waals surface area contributed by atoms with Crippen molar-refractivity contribution in [2.24, 2.45) is 5.10 Å². The summed E-state index contributed by atoms with van der Waals surface area (Å²) in [6.07, 6.45) is 2.72. The van der Waals surface area contributed by atoms with Gasteiger partial charge in [0.2, 0.25) is 0 Å². The zero-order valence-corrected chi connectivity index (χ0v) is 14.7. The molecule has 0 spiro atoms. The predicted molar refractivity (Wildman–Crippen MR) is 102 cm³/mol. The highest BCUT2D eigenvalue weighted by Crippen LogP contribution is 2.33. The summed E-state index contributed by atoms with van der Waals surface area (Å²) in [7, 11) is 0. The Morgan fingerprint density at radius 3 is 2.73 bits per heavy atom. The molecule has 130 valence electrons. The summed E-state index contributed by atoms with van der Waals surface area (Å²) < 4.78 is 13.9. The van der Waals surface area contributed by atoms with Crippen LogP contribution in [0.1, 0.15) is 11.1 Å². The molecule has 0 saturated carbocycles. The molecular formula is C17H10FN3O3S2. The molecule has 0 aliphatic carbocycles. The number of nitrogens with zero attached hydrogens (tertiary/aromatic N) is 3. The summed E-state index contributed by atoms with van der Waals surface area (Å²) in [5, 5.41) is 15.8. The zero-order chi connectivity index (χ0) is 18.7. The molecule has 2 aromatic carbocycles. The fraction of sp³-hybridized carbons (Fsp3) is 0. The van der Waals surface area contributed by atoms with E-state index in [0.717, 1.165) is 16.8 Å². The lowest BCUT2D eigenvalue weighted by molar-refractivity contribution is -0.384. The summed E-state index contributed by atoms with van der Waals surface area (Å²) in [6.45, 7) is 0. The van der Waals surface area contributed by atoms with Crippen molar-refractivity contribution in [1.82, 2.24) is 5.01 Å². The molecule has 1 amide bonds. The number of carbonyl (C=O) groups excluding carboxylic acids is 1. The van der Waals surface area contributed by atoms with Gasteiger partial charge in [-0.1, -0.05) is 42.1 Å². The van der Waals surface area contributed by atoms with E-state index in [-0.39, 0.29) is 20.5 Å². The van der Waals surface area contributed by atoms with Gasteiger partial charge in [-0.2, -0.15) is 10.1 Å². The number of thiocarbonyl (C=S) groups is 1. The second-order valence-corrected chi connectivity index (χ2v) is 6.79. The molecule has 0 aromatic heterocycles. The zero-order valence-electron chi connectivity index (χ0n) is 13.0. The number of non-ortho nitro benzene ring substituents is 1. The number of amides is 1. The van der Waals surface area contributed by atoms with Crippen molar-refractivity contribution < 1.29 is 14.1 Å². The van der Waals surface area contributed by atoms with Crippen molar-refractivity contribution in [2.75, 3.05) is 0 Å². The SMILES string of the molecule is O=C1/C(=C\c2ccccc2F)SC(=S)N1/N=C/c1cccc([N+](=O)[O-])c1. The highest BCUT2D eigenvalue weighted by Gasteiger charge is 2.32. The Labute approximate surface area is 157 Å². The number of halogens is 1. The van der Waals surface area contributed by atoms with Gasteiger partial charge < -0.3 is 0 Å². The molecule has 1 fully saturated rings. The third-order valence-corrected chi connectivity index (χ3v) is 4.65. The molecule has 3 rings (SSSR count). The van der Waals surface area contributed by atoms with Crippen molar-refractivity contribution in [1.29, 1.82) is 0 Å². The second-order valence-electron chi connectivity index (χ2n) is 5.11. The number of nitro benzene ring substituents is 1. The Hall–Kier alpha value is -2.91. The van der Waals surface area contributed by atoms with E-state index in [2.05, 4.69) is 5.10 Å². The standard InChI is InChI=1S/C17H10FN3O3S2/c18-14-7-2-1-5-12(14)9-15-16(22)20(17(25)26-15)19-10-11-4-3-6-13(8-11)21(23)24/h1-10H/b15-9+,19-10+. The van der Waals surface area contributed by atoms with Gasteiger partial charge in [0, 0.05) is 23.3 Å². The first-order valence-electron chi connectivity index (χ1n) is 7.26. The van der Waals surface area contributed by atoms with Gasteiger partial charge in [0.05, 0.1) is 16.0 Å². The van der Waals surface area contributed by atoms with E-state index in [4.69, 9.17) is 12.2 Å². The van der Waals surface area contributed by atoms with Crippen LogP contribution in [0.25, 0.3) is 6.08 Å². The number of rotatable bonds is 4. The number of carbonyl (C=O) groups is 1. The summed E-state index contributed by atoms with van der Waals surface area (Å²) >= 11 is 6.15. The van der Waals surface area contributed by atoms with Crippen molar-refractivity contribution in [3.05, 3.63) is 80.5 Å². The second kappa shape index (κ2) is 7.54. The van der Waals surface area contributed by atoms with Crippen LogP contribution in [0, 0.1) is 15.9 Å². The van der Waals surface area contributed by atoms with E-state index in [9.17, 15) is 19.3 Å². The maximum absolute atomic E-state index is 13.7. The van der Waals surface area contributed by atoms with Crippen LogP contribution in [0.5, 0.6) is 0 Å². The molecule has 1 heterocycles. The highest BCUT2D eigenvalue weighted by molar-refractivity contribution is 8.26.